The molecule has 21 heavy (non-hydrogen) atoms. The summed E-state index contributed by atoms with van der Waals surface area (Å²) in [4.78, 5) is 12.9. The van der Waals surface area contributed by atoms with E-state index in [1.165, 1.54) is 6.07 Å². The number of carbonyl (C=O) groups excluding carboxylic acids is 1. The van der Waals surface area contributed by atoms with Gasteiger partial charge in [0.25, 0.3) is 0 Å². The van der Waals surface area contributed by atoms with Crippen LogP contribution in [0.4, 0.5) is 5.69 Å². The molecule has 0 fully saturated rings. The largest absolute Gasteiger partial charge is 0.508 e. The Kier molecular flexibility index (Phi) is 5.96. The topological polar surface area (TPSA) is 49.3 Å². The third-order valence-electron chi connectivity index (χ3n) is 2.74. The molecule has 0 aromatic heterocycles. The second-order valence-corrected chi connectivity index (χ2v) is 6.11. The number of carbonyl (C=O) groups is 1. The molecule has 0 spiro atoms. The lowest BCUT2D eigenvalue weighted by Gasteiger charge is -2.06. The Labute approximate surface area is 133 Å². The Morgan fingerprint density at radius 2 is 2.00 bits per heavy atom. The van der Waals surface area contributed by atoms with E-state index in [4.69, 9.17) is 11.6 Å². The van der Waals surface area contributed by atoms with Crippen molar-refractivity contribution < 1.29 is 9.90 Å². The zero-order valence-corrected chi connectivity index (χ0v) is 13.0. The number of aromatic hydroxyl groups is 1. The smallest absolute Gasteiger partial charge is 0.224 e. The number of phenolic OH excluding ortho intramolecular Hbond substituents is 1. The van der Waals surface area contributed by atoms with Gasteiger partial charge in [0.15, 0.2) is 0 Å². The molecule has 2 aromatic carbocycles. The van der Waals surface area contributed by atoms with Crippen LogP contribution in [0.1, 0.15) is 12.8 Å². The highest BCUT2D eigenvalue weighted by atomic mass is 35.5. The van der Waals surface area contributed by atoms with E-state index in [0.29, 0.717) is 12.1 Å². The molecule has 0 heterocycles. The molecule has 0 aliphatic heterocycles. The van der Waals surface area contributed by atoms with Crippen molar-refractivity contribution in [1.82, 2.24) is 0 Å². The molecule has 2 rings (SSSR count). The molecule has 0 unspecified atom stereocenters. The van der Waals surface area contributed by atoms with Gasteiger partial charge in [-0.15, -0.1) is 11.8 Å². The maximum Gasteiger partial charge on any atom is 0.224 e. The molecule has 0 saturated heterocycles. The minimum atomic E-state index is -0.0488. The molecular weight excluding hydrogens is 306 g/mol. The fourth-order valence-corrected chi connectivity index (χ4v) is 2.95. The van der Waals surface area contributed by atoms with Gasteiger partial charge in [0.05, 0.1) is 0 Å². The summed E-state index contributed by atoms with van der Waals surface area (Å²) in [7, 11) is 0. The van der Waals surface area contributed by atoms with Crippen LogP contribution in [0.15, 0.2) is 53.4 Å². The van der Waals surface area contributed by atoms with Crippen molar-refractivity contribution in [2.45, 2.75) is 17.7 Å². The minimum Gasteiger partial charge on any atom is -0.508 e. The lowest BCUT2D eigenvalue weighted by atomic mass is 10.2. The molecule has 5 heteroatoms. The van der Waals surface area contributed by atoms with Crippen LogP contribution in [-0.4, -0.2) is 16.8 Å². The molecule has 0 saturated carbocycles. The number of thioether (sulfide) groups is 1. The molecule has 0 radical (unpaired) electrons. The second-order valence-electron chi connectivity index (χ2n) is 4.51. The van der Waals surface area contributed by atoms with Crippen LogP contribution in [0.25, 0.3) is 0 Å². The van der Waals surface area contributed by atoms with Crippen molar-refractivity contribution in [2.24, 2.45) is 0 Å². The Morgan fingerprint density at radius 1 is 1.19 bits per heavy atom. The summed E-state index contributed by atoms with van der Waals surface area (Å²) in [5, 5.41) is 12.8. The van der Waals surface area contributed by atoms with Crippen LogP contribution in [0, 0.1) is 0 Å². The molecule has 1 amide bonds. The molecule has 3 nitrogen and oxygen atoms in total. The summed E-state index contributed by atoms with van der Waals surface area (Å²) in [5.74, 6) is 0.949. The standard InChI is InChI=1S/C16H16ClNO2S/c17-12-4-1-7-15(10-12)21-9-3-8-16(20)18-13-5-2-6-14(19)11-13/h1-2,4-7,10-11,19H,3,8-9H2,(H,18,20). The monoisotopic (exact) mass is 321 g/mol. The van der Waals surface area contributed by atoms with Crippen molar-refractivity contribution in [3.05, 3.63) is 53.6 Å². The first-order valence-electron chi connectivity index (χ1n) is 6.61. The van der Waals surface area contributed by atoms with Gasteiger partial charge in [-0.3, -0.25) is 4.79 Å². The molecule has 0 aliphatic carbocycles. The zero-order chi connectivity index (χ0) is 15.1. The highest BCUT2D eigenvalue weighted by Crippen LogP contribution is 2.22. The lowest BCUT2D eigenvalue weighted by molar-refractivity contribution is -0.116. The predicted octanol–water partition coefficient (Wildman–Crippen LogP) is 4.56. The molecule has 2 N–H and O–H groups in total. The second kappa shape index (κ2) is 7.96. The quantitative estimate of drug-likeness (QED) is 0.606. The third-order valence-corrected chi connectivity index (χ3v) is 4.06. The van der Waals surface area contributed by atoms with Crippen LogP contribution in [-0.2, 0) is 4.79 Å². The molecule has 0 atom stereocenters. The van der Waals surface area contributed by atoms with Gasteiger partial charge in [-0.1, -0.05) is 23.7 Å². The number of amides is 1. The Hall–Kier alpha value is -1.65. The maximum atomic E-state index is 11.8. The number of rotatable bonds is 6. The molecule has 110 valence electrons. The Morgan fingerprint density at radius 3 is 2.76 bits per heavy atom. The van der Waals surface area contributed by atoms with Gasteiger partial charge >= 0.3 is 0 Å². The number of benzene rings is 2. The van der Waals surface area contributed by atoms with E-state index in [-0.39, 0.29) is 11.7 Å². The summed E-state index contributed by atoms with van der Waals surface area (Å²) >= 11 is 7.59. The number of hydrogen-bond donors (Lipinski definition) is 2. The van der Waals surface area contributed by atoms with E-state index >= 15 is 0 Å². The van der Waals surface area contributed by atoms with E-state index in [0.717, 1.165) is 22.1 Å². The van der Waals surface area contributed by atoms with Gasteiger partial charge in [0, 0.05) is 28.1 Å². The number of phenols is 1. The van der Waals surface area contributed by atoms with Crippen LogP contribution in [0.3, 0.4) is 0 Å². The van der Waals surface area contributed by atoms with Crippen molar-refractivity contribution in [3.8, 4) is 5.75 Å². The number of anilines is 1. The first-order chi connectivity index (χ1) is 10.1. The third kappa shape index (κ3) is 5.69. The van der Waals surface area contributed by atoms with Crippen LogP contribution < -0.4 is 5.32 Å². The van der Waals surface area contributed by atoms with Crippen molar-refractivity contribution in [1.29, 1.82) is 0 Å². The van der Waals surface area contributed by atoms with E-state index in [1.54, 1.807) is 30.0 Å². The van der Waals surface area contributed by atoms with Gasteiger partial charge in [-0.05, 0) is 42.5 Å². The maximum absolute atomic E-state index is 11.8. The van der Waals surface area contributed by atoms with Gasteiger partial charge < -0.3 is 10.4 Å². The van der Waals surface area contributed by atoms with Gasteiger partial charge in [-0.2, -0.15) is 0 Å². The van der Waals surface area contributed by atoms with Crippen molar-refractivity contribution >= 4 is 35.0 Å². The number of hydrogen-bond acceptors (Lipinski definition) is 3. The summed E-state index contributed by atoms with van der Waals surface area (Å²) in [6.07, 6.45) is 1.23. The SMILES string of the molecule is O=C(CCCSc1cccc(Cl)c1)Nc1cccc(O)c1. The van der Waals surface area contributed by atoms with Crippen LogP contribution >= 0.6 is 23.4 Å². The molecule has 0 aliphatic rings. The van der Waals surface area contributed by atoms with Crippen molar-refractivity contribution in [3.63, 3.8) is 0 Å². The minimum absolute atomic E-state index is 0.0488. The van der Waals surface area contributed by atoms with E-state index < -0.39 is 0 Å². The summed E-state index contributed by atoms with van der Waals surface area (Å²) in [6, 6.07) is 14.2. The summed E-state index contributed by atoms with van der Waals surface area (Å²) in [5.41, 5.74) is 0.613. The Bertz CT molecular complexity index is 619. The predicted molar refractivity (Wildman–Crippen MR) is 88.1 cm³/mol. The van der Waals surface area contributed by atoms with E-state index in [9.17, 15) is 9.90 Å². The van der Waals surface area contributed by atoms with Crippen LogP contribution in [0.5, 0.6) is 5.75 Å². The average molecular weight is 322 g/mol. The number of nitrogens with one attached hydrogen (secondary N) is 1. The average Bonchev–Trinajstić information content (AvgIpc) is 2.44. The highest BCUT2D eigenvalue weighted by molar-refractivity contribution is 7.99. The molecular formula is C16H16ClNO2S. The fourth-order valence-electron chi connectivity index (χ4n) is 1.79. The zero-order valence-electron chi connectivity index (χ0n) is 11.4. The molecule has 0 bridgehead atoms. The number of halogens is 1. The van der Waals surface area contributed by atoms with Crippen LogP contribution in [0.2, 0.25) is 5.02 Å². The normalized spacial score (nSPS) is 10.3. The Balaban J connectivity index is 1.70. The lowest BCUT2D eigenvalue weighted by Crippen LogP contribution is -2.11. The molecule has 2 aromatic rings. The van der Waals surface area contributed by atoms with E-state index in [2.05, 4.69) is 5.32 Å². The van der Waals surface area contributed by atoms with Gasteiger partial charge in [0.1, 0.15) is 5.75 Å². The van der Waals surface area contributed by atoms with Gasteiger partial charge in [-0.25, -0.2) is 0 Å². The summed E-state index contributed by atoms with van der Waals surface area (Å²) < 4.78 is 0. The first-order valence-corrected chi connectivity index (χ1v) is 7.97. The van der Waals surface area contributed by atoms with Crippen molar-refractivity contribution in [2.75, 3.05) is 11.1 Å². The van der Waals surface area contributed by atoms with E-state index in [1.807, 2.05) is 24.3 Å². The highest BCUT2D eigenvalue weighted by Gasteiger charge is 2.03. The summed E-state index contributed by atoms with van der Waals surface area (Å²) in [6.45, 7) is 0. The fraction of sp³-hybridized carbons (Fsp3) is 0.188. The first kappa shape index (κ1) is 15.7. The van der Waals surface area contributed by atoms with Gasteiger partial charge in [0.2, 0.25) is 5.91 Å².